The summed E-state index contributed by atoms with van der Waals surface area (Å²) >= 11 is 0. The molecule has 9 nitrogen and oxygen atoms in total. The number of hydrogen-bond donors (Lipinski definition) is 2. The van der Waals surface area contributed by atoms with Gasteiger partial charge in [-0.2, -0.15) is 0 Å². The van der Waals surface area contributed by atoms with E-state index in [-0.39, 0.29) is 24.2 Å². The second-order valence-electron chi connectivity index (χ2n) is 10.2. The number of halogens is 1. The van der Waals surface area contributed by atoms with Gasteiger partial charge in [-0.3, -0.25) is 4.79 Å². The molecular formula is C30H39ClN8O. The number of hydrogen-bond acceptors (Lipinski definition) is 5. The number of nitrogens with zero attached hydrogens (tertiary/aromatic N) is 6. The molecule has 3 heterocycles. The number of fused-ring (bicyclic) bond motifs is 3. The number of carbonyl (C=O) groups is 1. The molecule has 0 fully saturated rings. The Hall–Kier alpha value is -3.69. The summed E-state index contributed by atoms with van der Waals surface area (Å²) in [4.78, 5) is 30.8. The molecule has 0 saturated heterocycles. The zero-order valence-corrected chi connectivity index (χ0v) is 24.1. The first kappa shape index (κ1) is 29.3. The molecule has 2 aromatic carbocycles. The molecule has 1 amide bonds. The van der Waals surface area contributed by atoms with Gasteiger partial charge in [-0.1, -0.05) is 24.3 Å². The van der Waals surface area contributed by atoms with E-state index in [1.165, 1.54) is 5.52 Å². The van der Waals surface area contributed by atoms with Crippen LogP contribution in [0.3, 0.4) is 0 Å². The fourth-order valence-electron chi connectivity index (χ4n) is 5.31. The van der Waals surface area contributed by atoms with Crippen LogP contribution in [0, 0.1) is 5.92 Å². The fourth-order valence-corrected chi connectivity index (χ4v) is 5.31. The Morgan fingerprint density at radius 2 is 1.60 bits per heavy atom. The van der Waals surface area contributed by atoms with Crippen molar-refractivity contribution in [1.29, 1.82) is 0 Å². The number of H-pyrrole nitrogens is 1. The average molecular weight is 563 g/mol. The third-order valence-electron chi connectivity index (χ3n) is 7.49. The van der Waals surface area contributed by atoms with Gasteiger partial charge in [-0.15, -0.1) is 12.4 Å². The molecule has 0 radical (unpaired) electrons. The number of nitrogens with one attached hydrogen (secondary N) is 2. The number of rotatable bonds is 9. The molecule has 40 heavy (non-hydrogen) atoms. The van der Waals surface area contributed by atoms with Gasteiger partial charge in [0.15, 0.2) is 0 Å². The number of aromatic amines is 1. The van der Waals surface area contributed by atoms with Gasteiger partial charge in [0.05, 0.1) is 46.7 Å². The minimum atomic E-state index is 0. The Morgan fingerprint density at radius 3 is 2.25 bits per heavy atom. The van der Waals surface area contributed by atoms with Crippen LogP contribution in [0.1, 0.15) is 30.7 Å². The van der Waals surface area contributed by atoms with E-state index in [1.54, 1.807) is 6.33 Å². The van der Waals surface area contributed by atoms with E-state index in [1.807, 2.05) is 62.0 Å². The predicted molar refractivity (Wildman–Crippen MR) is 162 cm³/mol. The first-order valence-corrected chi connectivity index (χ1v) is 13.8. The molecule has 1 aliphatic rings. The summed E-state index contributed by atoms with van der Waals surface area (Å²) in [5.41, 5.74) is 6.72. The van der Waals surface area contributed by atoms with Crippen LogP contribution in [0.15, 0.2) is 67.5 Å². The Kier molecular flexibility index (Phi) is 10.3. The maximum absolute atomic E-state index is 12.7. The number of amides is 1. The minimum Gasteiger partial charge on any atom is -0.348 e. The molecule has 2 N–H and O–H groups in total. The largest absolute Gasteiger partial charge is 0.348 e. The van der Waals surface area contributed by atoms with Crippen molar-refractivity contribution in [2.24, 2.45) is 5.92 Å². The quantitative estimate of drug-likeness (QED) is 0.258. The van der Waals surface area contributed by atoms with Crippen molar-refractivity contribution >= 4 is 40.4 Å². The fraction of sp³-hybridized carbons (Fsp3) is 0.400. The van der Waals surface area contributed by atoms with E-state index in [2.05, 4.69) is 52.6 Å². The zero-order valence-electron chi connectivity index (χ0n) is 23.3. The van der Waals surface area contributed by atoms with Crippen molar-refractivity contribution in [1.82, 2.24) is 39.3 Å². The third-order valence-corrected chi connectivity index (χ3v) is 7.49. The Balaban J connectivity index is 0.000000210. The highest BCUT2D eigenvalue weighted by atomic mass is 35.5. The van der Waals surface area contributed by atoms with E-state index in [0.717, 1.165) is 86.2 Å². The van der Waals surface area contributed by atoms with Crippen LogP contribution in [0.25, 0.3) is 22.1 Å². The molecule has 3 aromatic heterocycles. The second-order valence-corrected chi connectivity index (χ2v) is 10.2. The first-order valence-electron chi connectivity index (χ1n) is 13.8. The number of carbonyl (C=O) groups excluding carboxylic acids is 1. The van der Waals surface area contributed by atoms with Gasteiger partial charge in [-0.05, 0) is 63.5 Å². The van der Waals surface area contributed by atoms with Gasteiger partial charge in [0.1, 0.15) is 0 Å². The number of imidazole rings is 3. The molecule has 6 rings (SSSR count). The highest BCUT2D eigenvalue weighted by Crippen LogP contribution is 2.24. The predicted octanol–water partition coefficient (Wildman–Crippen LogP) is 4.48. The minimum absolute atomic E-state index is 0. The van der Waals surface area contributed by atoms with Crippen LogP contribution in [0.5, 0.6) is 0 Å². The van der Waals surface area contributed by atoms with Gasteiger partial charge in [0, 0.05) is 44.7 Å². The van der Waals surface area contributed by atoms with Gasteiger partial charge in [0.25, 0.3) is 0 Å². The lowest BCUT2D eigenvalue weighted by atomic mass is 9.89. The molecule has 0 aliphatic heterocycles. The third kappa shape index (κ3) is 6.89. The second kappa shape index (κ2) is 14.1. The van der Waals surface area contributed by atoms with E-state index < -0.39 is 0 Å². The summed E-state index contributed by atoms with van der Waals surface area (Å²) in [7, 11) is 3.89. The SMILES string of the molecule is CN(CCCn1cnc2ccccc21)C(=O)C1CCc2nc[nH]c2C1.CNCCCn1cnc2ccccc21.Cl. The smallest absolute Gasteiger partial charge is 0.225 e. The lowest BCUT2D eigenvalue weighted by Gasteiger charge is -2.26. The Labute approximate surface area is 241 Å². The highest BCUT2D eigenvalue weighted by molar-refractivity contribution is 5.85. The van der Waals surface area contributed by atoms with E-state index in [0.29, 0.717) is 0 Å². The van der Waals surface area contributed by atoms with Gasteiger partial charge >= 0.3 is 0 Å². The molecule has 0 spiro atoms. The number of para-hydroxylation sites is 4. The molecule has 0 bridgehead atoms. The van der Waals surface area contributed by atoms with Crippen molar-refractivity contribution in [3.8, 4) is 0 Å². The molecule has 0 saturated carbocycles. The molecule has 1 atom stereocenters. The van der Waals surface area contributed by atoms with E-state index >= 15 is 0 Å². The van der Waals surface area contributed by atoms with Crippen LogP contribution in [0.2, 0.25) is 0 Å². The van der Waals surface area contributed by atoms with E-state index in [9.17, 15) is 4.79 Å². The Bertz CT molecular complexity index is 1510. The average Bonchev–Trinajstić information content (AvgIpc) is 3.72. The topological polar surface area (TPSA) is 96.7 Å². The molecule has 1 unspecified atom stereocenters. The van der Waals surface area contributed by atoms with Crippen molar-refractivity contribution in [2.75, 3.05) is 27.2 Å². The lowest BCUT2D eigenvalue weighted by molar-refractivity contribution is -0.134. The van der Waals surface area contributed by atoms with Crippen molar-refractivity contribution < 1.29 is 4.79 Å². The summed E-state index contributed by atoms with van der Waals surface area (Å²) in [6.07, 6.45) is 10.2. The first-order chi connectivity index (χ1) is 19.1. The maximum Gasteiger partial charge on any atom is 0.225 e. The monoisotopic (exact) mass is 562 g/mol. The van der Waals surface area contributed by atoms with Gasteiger partial charge < -0.3 is 24.3 Å². The summed E-state index contributed by atoms with van der Waals surface area (Å²) in [6.45, 7) is 3.71. The maximum atomic E-state index is 12.7. The summed E-state index contributed by atoms with van der Waals surface area (Å²) in [5, 5.41) is 3.14. The highest BCUT2D eigenvalue weighted by Gasteiger charge is 2.28. The number of aromatic nitrogens is 6. The van der Waals surface area contributed by atoms with Gasteiger partial charge in [0.2, 0.25) is 5.91 Å². The molecule has 5 aromatic rings. The van der Waals surface area contributed by atoms with Crippen LogP contribution >= 0.6 is 12.4 Å². The molecular weight excluding hydrogens is 524 g/mol. The lowest BCUT2D eigenvalue weighted by Crippen LogP contribution is -2.36. The van der Waals surface area contributed by atoms with Crippen LogP contribution in [-0.2, 0) is 30.7 Å². The van der Waals surface area contributed by atoms with E-state index in [4.69, 9.17) is 0 Å². The van der Waals surface area contributed by atoms with Gasteiger partial charge in [-0.25, -0.2) is 15.0 Å². The van der Waals surface area contributed by atoms with Crippen molar-refractivity contribution in [3.05, 3.63) is 78.9 Å². The number of benzene rings is 2. The summed E-state index contributed by atoms with van der Waals surface area (Å²) < 4.78 is 4.36. The normalized spacial score (nSPS) is 14.3. The van der Waals surface area contributed by atoms with Crippen molar-refractivity contribution in [3.63, 3.8) is 0 Å². The zero-order chi connectivity index (χ0) is 27.0. The van der Waals surface area contributed by atoms with Crippen LogP contribution in [-0.4, -0.2) is 67.1 Å². The summed E-state index contributed by atoms with van der Waals surface area (Å²) in [6, 6.07) is 16.4. The molecule has 10 heteroatoms. The van der Waals surface area contributed by atoms with Crippen molar-refractivity contribution in [2.45, 2.75) is 45.2 Å². The molecule has 1 aliphatic carbocycles. The number of aryl methyl sites for hydroxylation is 3. The van der Waals surface area contributed by atoms with Crippen LogP contribution in [0.4, 0.5) is 0 Å². The van der Waals surface area contributed by atoms with Crippen LogP contribution < -0.4 is 5.32 Å². The Morgan fingerprint density at radius 1 is 0.975 bits per heavy atom. The standard InChI is InChI=1S/C19H23N5O.C11H15N3.ClH/c1-23(19(25)14-7-8-15-17(11-14)21-12-20-15)9-4-10-24-13-22-16-5-2-3-6-18(16)24;1-12-7-4-8-14-9-13-10-5-2-3-6-11(10)14;/h2-3,5-6,12-14H,4,7-11H2,1H3,(H,20,21);2-3,5-6,9,12H,4,7-8H2,1H3;1H. The summed E-state index contributed by atoms with van der Waals surface area (Å²) in [5.74, 6) is 0.322. The molecule has 212 valence electrons.